The second-order valence-corrected chi connectivity index (χ2v) is 19.1. The molecule has 5 atom stereocenters. The first-order valence-corrected chi connectivity index (χ1v) is 20.2. The molecule has 3 fully saturated rings. The van der Waals surface area contributed by atoms with Crippen LogP contribution in [0.15, 0.2) is 24.3 Å². The quantitative estimate of drug-likeness (QED) is 0.387. The summed E-state index contributed by atoms with van der Waals surface area (Å²) in [6.45, 7) is 11.8. The standard InChI is InChI=1S/C38H53N5O9S/c1-7-25-18-38(25,33(46)41-53(49,50)27-14-15-27)40-31(44)29-17-26-20-43(29)32(45)30(36(2,3)4)39-34(47)51-22-37(5,6)16-9-8-11-23-12-10-13-24-19-42(21-28(23)24)35(48)52-26/h8,10-13,25-27,29-30H,7,9,14-22H2,1-6H3,(H,39,47)(H,40,44)(H,41,46)/b11-8+/t25-,26+,29?,30+,38+/m0/s1. The number of amides is 5. The maximum atomic E-state index is 14.5. The van der Waals surface area contributed by atoms with Gasteiger partial charge in [0.05, 0.1) is 24.9 Å². The van der Waals surface area contributed by atoms with E-state index in [1.807, 2.05) is 45.0 Å². The Morgan fingerprint density at radius 1 is 1.09 bits per heavy atom. The monoisotopic (exact) mass is 755 g/mol. The number of ether oxygens (including phenoxy) is 2. The summed E-state index contributed by atoms with van der Waals surface area (Å²) in [7, 11) is -3.88. The molecule has 2 aliphatic carbocycles. The van der Waals surface area contributed by atoms with E-state index in [1.54, 1.807) is 25.7 Å². The number of rotatable bonds is 6. The van der Waals surface area contributed by atoms with Gasteiger partial charge >= 0.3 is 12.2 Å². The average molecular weight is 756 g/mol. The lowest BCUT2D eigenvalue weighted by atomic mass is 9.85. The van der Waals surface area contributed by atoms with Gasteiger partial charge in [-0.05, 0) is 65.5 Å². The number of fused-ring (bicyclic) bond motifs is 3. The summed E-state index contributed by atoms with van der Waals surface area (Å²) < 4.78 is 39.2. The molecule has 3 aliphatic heterocycles. The van der Waals surface area contributed by atoms with Crippen LogP contribution in [0.3, 0.4) is 0 Å². The third-order valence-electron chi connectivity index (χ3n) is 11.2. The fraction of sp³-hybridized carbons (Fsp3) is 0.658. The zero-order valence-corrected chi connectivity index (χ0v) is 32.3. The van der Waals surface area contributed by atoms with Crippen LogP contribution in [0.4, 0.5) is 9.59 Å². The number of carbonyl (C=O) groups excluding carboxylic acids is 5. The van der Waals surface area contributed by atoms with E-state index < -0.39 is 74.3 Å². The third kappa shape index (κ3) is 8.34. The van der Waals surface area contributed by atoms with Crippen LogP contribution in [0.25, 0.3) is 6.08 Å². The minimum absolute atomic E-state index is 0.0670. The fourth-order valence-corrected chi connectivity index (χ4v) is 8.98. The molecular weight excluding hydrogens is 703 g/mol. The SMILES string of the molecule is CC[C@H]1C[C@]1(NC(=O)C1C[C@@H]2CN1C(=O)[C@H](C(C)(C)C)NC(=O)OCC(C)(C)CC/C=C/c1cccc3c1CN(C3)C(=O)O2)C(=O)NS(=O)(=O)C1CC1. The highest BCUT2D eigenvalue weighted by Gasteiger charge is 2.62. The Morgan fingerprint density at radius 3 is 2.49 bits per heavy atom. The minimum atomic E-state index is -3.88. The Labute approximate surface area is 311 Å². The van der Waals surface area contributed by atoms with Gasteiger partial charge in [-0.2, -0.15) is 0 Å². The van der Waals surface area contributed by atoms with Crippen LogP contribution < -0.4 is 15.4 Å². The molecule has 1 aromatic carbocycles. The fourth-order valence-electron chi connectivity index (χ4n) is 7.61. The zero-order chi connectivity index (χ0) is 38.5. The molecule has 6 rings (SSSR count). The van der Waals surface area contributed by atoms with Crippen molar-refractivity contribution >= 4 is 46.0 Å². The number of allylic oxidation sites excluding steroid dienone is 1. The molecule has 5 amide bonds. The van der Waals surface area contributed by atoms with Gasteiger partial charge in [-0.15, -0.1) is 0 Å². The molecule has 3 N–H and O–H groups in total. The van der Waals surface area contributed by atoms with Crippen LogP contribution in [0, 0.1) is 16.7 Å². The van der Waals surface area contributed by atoms with Crippen molar-refractivity contribution in [1.82, 2.24) is 25.2 Å². The summed E-state index contributed by atoms with van der Waals surface area (Å²) in [6, 6.07) is 3.61. The summed E-state index contributed by atoms with van der Waals surface area (Å²) in [5.41, 5.74) is 0.357. The van der Waals surface area contributed by atoms with Crippen molar-refractivity contribution in [1.29, 1.82) is 0 Å². The highest BCUT2D eigenvalue weighted by molar-refractivity contribution is 7.91. The third-order valence-corrected chi connectivity index (χ3v) is 13.0. The molecule has 0 spiro atoms. The van der Waals surface area contributed by atoms with Gasteiger partial charge in [0.15, 0.2) is 0 Å². The molecular formula is C38H53N5O9S. The summed E-state index contributed by atoms with van der Waals surface area (Å²) in [5, 5.41) is 4.93. The molecule has 3 heterocycles. The van der Waals surface area contributed by atoms with Gasteiger partial charge in [0.25, 0.3) is 5.91 Å². The maximum Gasteiger partial charge on any atom is 0.410 e. The highest BCUT2D eigenvalue weighted by atomic mass is 32.2. The molecule has 290 valence electrons. The molecule has 2 saturated carbocycles. The highest BCUT2D eigenvalue weighted by Crippen LogP contribution is 2.47. The molecule has 15 heteroatoms. The number of sulfonamides is 1. The van der Waals surface area contributed by atoms with Crippen LogP contribution in [0.5, 0.6) is 0 Å². The van der Waals surface area contributed by atoms with Crippen molar-refractivity contribution in [2.45, 2.75) is 129 Å². The number of benzene rings is 1. The summed E-state index contributed by atoms with van der Waals surface area (Å²) in [6.07, 6.45) is 4.94. The second-order valence-electron chi connectivity index (χ2n) is 17.2. The molecule has 1 aromatic rings. The van der Waals surface area contributed by atoms with Crippen molar-refractivity contribution in [2.24, 2.45) is 16.7 Å². The van der Waals surface area contributed by atoms with Crippen LogP contribution in [-0.2, 0) is 47.0 Å². The molecule has 0 aromatic heterocycles. The van der Waals surface area contributed by atoms with Crippen LogP contribution in [0.1, 0.15) is 103 Å². The Bertz CT molecular complexity index is 1800. The van der Waals surface area contributed by atoms with E-state index in [0.29, 0.717) is 32.4 Å². The van der Waals surface area contributed by atoms with Crippen molar-refractivity contribution < 1.29 is 41.9 Å². The lowest BCUT2D eigenvalue weighted by molar-refractivity contribution is -0.143. The van der Waals surface area contributed by atoms with E-state index in [2.05, 4.69) is 21.4 Å². The lowest BCUT2D eigenvalue weighted by Gasteiger charge is -2.35. The largest absolute Gasteiger partial charge is 0.449 e. The first-order chi connectivity index (χ1) is 24.8. The molecule has 4 bridgehead atoms. The normalized spacial score (nSPS) is 29.7. The molecule has 14 nitrogen and oxygen atoms in total. The second kappa shape index (κ2) is 14.3. The van der Waals surface area contributed by atoms with Gasteiger partial charge < -0.3 is 25.0 Å². The van der Waals surface area contributed by atoms with E-state index in [1.165, 1.54) is 4.90 Å². The maximum absolute atomic E-state index is 14.5. The van der Waals surface area contributed by atoms with Crippen LogP contribution >= 0.6 is 0 Å². The average Bonchev–Trinajstić information content (AvgIpc) is 3.97. The van der Waals surface area contributed by atoms with Gasteiger partial charge in [0, 0.05) is 13.0 Å². The lowest BCUT2D eigenvalue weighted by Crippen LogP contribution is -2.60. The number of alkyl carbamates (subject to hydrolysis) is 1. The van der Waals surface area contributed by atoms with Gasteiger partial charge in [-0.3, -0.25) is 24.0 Å². The van der Waals surface area contributed by atoms with E-state index >= 15 is 0 Å². The molecule has 1 unspecified atom stereocenters. The minimum Gasteiger partial charge on any atom is -0.449 e. The predicted molar refractivity (Wildman–Crippen MR) is 195 cm³/mol. The van der Waals surface area contributed by atoms with Gasteiger partial charge in [-0.1, -0.05) is 78.3 Å². The van der Waals surface area contributed by atoms with Crippen molar-refractivity contribution in [3.05, 3.63) is 41.0 Å². The van der Waals surface area contributed by atoms with Crippen molar-refractivity contribution in [2.75, 3.05) is 13.2 Å². The number of cyclic esters (lactones) is 1. The number of hydrogen-bond acceptors (Lipinski definition) is 9. The summed E-state index contributed by atoms with van der Waals surface area (Å²) in [5.74, 6) is -2.36. The molecule has 5 aliphatic rings. The van der Waals surface area contributed by atoms with Crippen LogP contribution in [-0.4, -0.2) is 90.3 Å². The van der Waals surface area contributed by atoms with Crippen molar-refractivity contribution in [3.8, 4) is 0 Å². The summed E-state index contributed by atoms with van der Waals surface area (Å²) >= 11 is 0. The topological polar surface area (TPSA) is 181 Å². The van der Waals surface area contributed by atoms with Gasteiger partial charge in [-0.25, -0.2) is 18.0 Å². The molecule has 0 radical (unpaired) electrons. The zero-order valence-electron chi connectivity index (χ0n) is 31.5. The molecule has 1 saturated heterocycles. The van der Waals surface area contributed by atoms with E-state index in [4.69, 9.17) is 9.47 Å². The van der Waals surface area contributed by atoms with Gasteiger partial charge in [0.2, 0.25) is 21.8 Å². The number of hydrogen-bond donors (Lipinski definition) is 3. The Balaban J connectivity index is 1.29. The van der Waals surface area contributed by atoms with E-state index in [9.17, 15) is 32.4 Å². The first kappa shape index (κ1) is 38.6. The van der Waals surface area contributed by atoms with E-state index in [-0.39, 0.29) is 37.3 Å². The Kier molecular flexibility index (Phi) is 10.4. The van der Waals surface area contributed by atoms with E-state index in [0.717, 1.165) is 29.5 Å². The predicted octanol–water partition coefficient (Wildman–Crippen LogP) is 3.98. The first-order valence-electron chi connectivity index (χ1n) is 18.7. The number of nitrogens with one attached hydrogen (secondary N) is 3. The Morgan fingerprint density at radius 2 is 1.83 bits per heavy atom. The summed E-state index contributed by atoms with van der Waals surface area (Å²) in [4.78, 5) is 72.0. The van der Waals surface area contributed by atoms with Gasteiger partial charge in [0.1, 0.15) is 23.7 Å². The number of carbonyl (C=O) groups is 5. The number of nitrogens with zero attached hydrogens (tertiary/aromatic N) is 2. The smallest absolute Gasteiger partial charge is 0.410 e. The Hall–Kier alpha value is -4.14. The van der Waals surface area contributed by atoms with Crippen molar-refractivity contribution in [3.63, 3.8) is 0 Å². The molecule has 53 heavy (non-hydrogen) atoms. The van der Waals surface area contributed by atoms with Crippen LogP contribution in [0.2, 0.25) is 0 Å².